The summed E-state index contributed by atoms with van der Waals surface area (Å²) in [6.45, 7) is 6.57. The lowest BCUT2D eigenvalue weighted by molar-refractivity contribution is -0.125. The molecule has 0 spiro atoms. The fourth-order valence-electron chi connectivity index (χ4n) is 2.53. The minimum atomic E-state index is 0.0556. The Kier molecular flexibility index (Phi) is 3.50. The minimum Gasteiger partial charge on any atom is -0.378 e. The van der Waals surface area contributed by atoms with Crippen LogP contribution in [0, 0.1) is 5.92 Å². The highest BCUT2D eigenvalue weighted by Crippen LogP contribution is 2.20. The molecule has 0 bridgehead atoms. The second-order valence-electron chi connectivity index (χ2n) is 5.39. The third-order valence-electron chi connectivity index (χ3n) is 3.68. The molecular weight excluding hydrogens is 204 g/mol. The van der Waals surface area contributed by atoms with Crippen molar-refractivity contribution in [1.29, 1.82) is 0 Å². The summed E-state index contributed by atoms with van der Waals surface area (Å²) in [6.07, 6.45) is 3.44. The third-order valence-corrected chi connectivity index (χ3v) is 3.68. The Bertz CT molecular complexity index is 262. The van der Waals surface area contributed by atoms with Gasteiger partial charge < -0.3 is 15.4 Å². The molecule has 2 rings (SSSR count). The van der Waals surface area contributed by atoms with Crippen LogP contribution < -0.4 is 10.6 Å². The van der Waals surface area contributed by atoms with Gasteiger partial charge in [0.2, 0.25) is 5.91 Å². The number of hydrogen-bond donors (Lipinski definition) is 2. The summed E-state index contributed by atoms with van der Waals surface area (Å²) in [5.74, 6) is 0.208. The van der Waals surface area contributed by atoms with Crippen LogP contribution in [-0.2, 0) is 9.53 Å². The Morgan fingerprint density at radius 1 is 1.62 bits per heavy atom. The molecule has 2 fully saturated rings. The molecule has 0 saturated carbocycles. The molecule has 0 aromatic carbocycles. The lowest BCUT2D eigenvalue weighted by atomic mass is 9.99. The van der Waals surface area contributed by atoms with E-state index in [2.05, 4.69) is 17.6 Å². The van der Waals surface area contributed by atoms with Gasteiger partial charge in [-0.1, -0.05) is 0 Å². The first-order chi connectivity index (χ1) is 7.59. The fraction of sp³-hybridized carbons (Fsp3) is 0.917. The normalized spacial score (nSPS) is 38.9. The number of rotatable bonds is 3. The number of ether oxygens (including phenoxy) is 1. The van der Waals surface area contributed by atoms with Gasteiger partial charge in [0.1, 0.15) is 0 Å². The molecule has 2 saturated heterocycles. The lowest BCUT2D eigenvalue weighted by Gasteiger charge is -2.25. The summed E-state index contributed by atoms with van der Waals surface area (Å²) in [5.41, 5.74) is 0.0980. The van der Waals surface area contributed by atoms with Crippen LogP contribution in [0.2, 0.25) is 0 Å². The maximum atomic E-state index is 11.9. The monoisotopic (exact) mass is 226 g/mol. The van der Waals surface area contributed by atoms with Gasteiger partial charge in [0.25, 0.3) is 0 Å². The molecule has 2 heterocycles. The molecule has 3 atom stereocenters. The Morgan fingerprint density at radius 2 is 2.44 bits per heavy atom. The predicted octanol–water partition coefficient (Wildman–Crippen LogP) is 0.670. The number of hydrogen-bond acceptors (Lipinski definition) is 3. The molecule has 2 aliphatic heterocycles. The second-order valence-corrected chi connectivity index (χ2v) is 5.39. The Labute approximate surface area is 97.1 Å². The average Bonchev–Trinajstić information content (AvgIpc) is 2.85. The zero-order chi connectivity index (χ0) is 11.6. The first-order valence-electron chi connectivity index (χ1n) is 6.23. The van der Waals surface area contributed by atoms with Crippen molar-refractivity contribution in [1.82, 2.24) is 10.6 Å². The van der Waals surface area contributed by atoms with E-state index in [9.17, 15) is 4.79 Å². The molecule has 4 nitrogen and oxygen atoms in total. The molecule has 0 aliphatic carbocycles. The average molecular weight is 226 g/mol. The minimum absolute atomic E-state index is 0.0556. The van der Waals surface area contributed by atoms with Gasteiger partial charge in [-0.3, -0.25) is 4.79 Å². The van der Waals surface area contributed by atoms with E-state index in [4.69, 9.17) is 4.74 Å². The zero-order valence-corrected chi connectivity index (χ0v) is 10.2. The highest BCUT2D eigenvalue weighted by molar-refractivity contribution is 5.79. The topological polar surface area (TPSA) is 50.4 Å². The summed E-state index contributed by atoms with van der Waals surface area (Å²) in [4.78, 5) is 11.9. The maximum Gasteiger partial charge on any atom is 0.225 e. The Morgan fingerprint density at radius 3 is 3.00 bits per heavy atom. The van der Waals surface area contributed by atoms with E-state index in [-0.39, 0.29) is 23.5 Å². The first-order valence-corrected chi connectivity index (χ1v) is 6.23. The first kappa shape index (κ1) is 11.9. The van der Waals surface area contributed by atoms with Crippen molar-refractivity contribution >= 4 is 5.91 Å². The number of nitrogens with one attached hydrogen (secondary N) is 2. The van der Waals surface area contributed by atoms with Gasteiger partial charge >= 0.3 is 0 Å². The van der Waals surface area contributed by atoms with E-state index in [0.29, 0.717) is 6.61 Å². The molecule has 16 heavy (non-hydrogen) atoms. The maximum absolute atomic E-state index is 11.9. The highest BCUT2D eigenvalue weighted by atomic mass is 16.5. The van der Waals surface area contributed by atoms with Crippen LogP contribution in [0.25, 0.3) is 0 Å². The van der Waals surface area contributed by atoms with Crippen molar-refractivity contribution in [3.63, 3.8) is 0 Å². The van der Waals surface area contributed by atoms with E-state index < -0.39 is 0 Å². The van der Waals surface area contributed by atoms with Crippen molar-refractivity contribution in [2.45, 2.75) is 44.8 Å². The van der Waals surface area contributed by atoms with Gasteiger partial charge in [-0.25, -0.2) is 0 Å². The molecule has 0 radical (unpaired) electrons. The van der Waals surface area contributed by atoms with Crippen LogP contribution in [0.3, 0.4) is 0 Å². The Hall–Kier alpha value is -0.610. The van der Waals surface area contributed by atoms with Gasteiger partial charge in [-0.05, 0) is 39.7 Å². The van der Waals surface area contributed by atoms with E-state index in [1.165, 1.54) is 6.42 Å². The van der Waals surface area contributed by atoms with Crippen molar-refractivity contribution in [2.75, 3.05) is 19.7 Å². The summed E-state index contributed by atoms with van der Waals surface area (Å²) >= 11 is 0. The van der Waals surface area contributed by atoms with E-state index in [1.54, 1.807) is 0 Å². The van der Waals surface area contributed by atoms with E-state index in [1.807, 2.05) is 6.92 Å². The molecule has 1 amide bonds. The van der Waals surface area contributed by atoms with E-state index in [0.717, 1.165) is 25.9 Å². The summed E-state index contributed by atoms with van der Waals surface area (Å²) in [5, 5.41) is 6.49. The van der Waals surface area contributed by atoms with Crippen LogP contribution in [0.1, 0.15) is 33.1 Å². The van der Waals surface area contributed by atoms with Gasteiger partial charge in [0.15, 0.2) is 0 Å². The van der Waals surface area contributed by atoms with Crippen molar-refractivity contribution in [2.24, 2.45) is 5.92 Å². The zero-order valence-electron chi connectivity index (χ0n) is 10.2. The van der Waals surface area contributed by atoms with Crippen LogP contribution in [0.5, 0.6) is 0 Å². The summed E-state index contributed by atoms with van der Waals surface area (Å²) in [7, 11) is 0. The standard InChI is InChI=1S/C12H22N2O2/c1-9-6-10(7-16-9)11(15)13-8-12(2)4-3-5-14-12/h9-10,14H,3-8H2,1-2H3,(H,13,15). The van der Waals surface area contributed by atoms with Crippen LogP contribution in [-0.4, -0.2) is 37.2 Å². The quantitative estimate of drug-likeness (QED) is 0.743. The lowest BCUT2D eigenvalue weighted by Crippen LogP contribution is -2.48. The fourth-order valence-corrected chi connectivity index (χ4v) is 2.53. The highest BCUT2D eigenvalue weighted by Gasteiger charge is 2.32. The SMILES string of the molecule is CC1CC(C(=O)NCC2(C)CCCN2)CO1. The largest absolute Gasteiger partial charge is 0.378 e. The number of carbonyl (C=O) groups excluding carboxylic acids is 1. The molecule has 92 valence electrons. The van der Waals surface area contributed by atoms with Crippen LogP contribution in [0.4, 0.5) is 0 Å². The molecule has 0 aromatic heterocycles. The van der Waals surface area contributed by atoms with Gasteiger partial charge in [-0.15, -0.1) is 0 Å². The second kappa shape index (κ2) is 4.72. The van der Waals surface area contributed by atoms with Gasteiger partial charge in [0, 0.05) is 12.1 Å². The summed E-state index contributed by atoms with van der Waals surface area (Å²) in [6, 6.07) is 0. The molecule has 2 aliphatic rings. The predicted molar refractivity (Wildman–Crippen MR) is 62.2 cm³/mol. The Balaban J connectivity index is 1.75. The third kappa shape index (κ3) is 2.74. The molecule has 3 unspecified atom stereocenters. The van der Waals surface area contributed by atoms with Crippen molar-refractivity contribution in [3.05, 3.63) is 0 Å². The van der Waals surface area contributed by atoms with Gasteiger partial charge in [0.05, 0.1) is 18.6 Å². The van der Waals surface area contributed by atoms with Crippen molar-refractivity contribution in [3.8, 4) is 0 Å². The molecule has 0 aromatic rings. The summed E-state index contributed by atoms with van der Waals surface area (Å²) < 4.78 is 5.41. The van der Waals surface area contributed by atoms with Crippen molar-refractivity contribution < 1.29 is 9.53 Å². The molecular formula is C12H22N2O2. The van der Waals surface area contributed by atoms with Gasteiger partial charge in [-0.2, -0.15) is 0 Å². The molecule has 4 heteroatoms. The number of amides is 1. The molecule has 2 N–H and O–H groups in total. The van der Waals surface area contributed by atoms with Crippen LogP contribution >= 0.6 is 0 Å². The number of carbonyl (C=O) groups is 1. The van der Waals surface area contributed by atoms with Crippen LogP contribution in [0.15, 0.2) is 0 Å². The van der Waals surface area contributed by atoms with E-state index >= 15 is 0 Å². The smallest absolute Gasteiger partial charge is 0.225 e.